The van der Waals surface area contributed by atoms with Crippen LogP contribution in [0, 0.1) is 0 Å². The first-order valence-electron chi connectivity index (χ1n) is 5.37. The topological polar surface area (TPSA) is 80.0 Å². The lowest BCUT2D eigenvalue weighted by atomic mass is 9.93. The summed E-state index contributed by atoms with van der Waals surface area (Å²) in [6, 6.07) is 0. The molecule has 2 N–H and O–H groups in total. The van der Waals surface area contributed by atoms with Gasteiger partial charge in [-0.25, -0.2) is 0 Å². The van der Waals surface area contributed by atoms with Gasteiger partial charge in [0.1, 0.15) is 17.7 Å². The number of nitrogens with one attached hydrogen (secondary N) is 1. The molecule has 16 heavy (non-hydrogen) atoms. The molecule has 0 aliphatic rings. The van der Waals surface area contributed by atoms with Crippen LogP contribution in [0.25, 0.3) is 0 Å². The van der Waals surface area contributed by atoms with Crippen molar-refractivity contribution in [2.24, 2.45) is 7.05 Å². The molecule has 1 aromatic heterocycles. The highest BCUT2D eigenvalue weighted by Gasteiger charge is 2.34. The Bertz CT molecular complexity index is 357. The molecule has 6 nitrogen and oxygen atoms in total. The summed E-state index contributed by atoms with van der Waals surface area (Å²) in [5.74, 6) is -0.0906. The molecule has 0 saturated heterocycles. The molecule has 0 bridgehead atoms. The summed E-state index contributed by atoms with van der Waals surface area (Å²) in [7, 11) is 1.83. The summed E-state index contributed by atoms with van der Waals surface area (Å²) >= 11 is 0. The number of aromatic nitrogens is 3. The monoisotopic (exact) mass is 226 g/mol. The van der Waals surface area contributed by atoms with Crippen molar-refractivity contribution >= 4 is 5.97 Å². The largest absolute Gasteiger partial charge is 0.480 e. The van der Waals surface area contributed by atoms with Crippen molar-refractivity contribution in [3.05, 3.63) is 12.2 Å². The Morgan fingerprint density at radius 2 is 2.19 bits per heavy atom. The van der Waals surface area contributed by atoms with Crippen LogP contribution in [0.5, 0.6) is 0 Å². The van der Waals surface area contributed by atoms with Crippen LogP contribution in [0.15, 0.2) is 6.33 Å². The van der Waals surface area contributed by atoms with Crippen molar-refractivity contribution in [2.75, 3.05) is 0 Å². The van der Waals surface area contributed by atoms with Crippen LogP contribution in [0.4, 0.5) is 0 Å². The van der Waals surface area contributed by atoms with Gasteiger partial charge in [0.25, 0.3) is 0 Å². The van der Waals surface area contributed by atoms with Crippen LogP contribution in [-0.2, 0) is 18.4 Å². The van der Waals surface area contributed by atoms with E-state index in [-0.39, 0.29) is 0 Å². The van der Waals surface area contributed by atoms with Crippen molar-refractivity contribution < 1.29 is 9.90 Å². The van der Waals surface area contributed by atoms with Gasteiger partial charge in [-0.05, 0) is 12.8 Å². The van der Waals surface area contributed by atoms with Crippen molar-refractivity contribution in [1.82, 2.24) is 20.1 Å². The molecule has 0 unspecified atom stereocenters. The molecule has 0 amide bonds. The van der Waals surface area contributed by atoms with Crippen molar-refractivity contribution in [1.29, 1.82) is 0 Å². The Balaban J connectivity index is 2.71. The molecular weight excluding hydrogens is 208 g/mol. The second-order valence-electron chi connectivity index (χ2n) is 3.81. The van der Waals surface area contributed by atoms with Crippen LogP contribution in [-0.4, -0.2) is 31.4 Å². The van der Waals surface area contributed by atoms with Gasteiger partial charge in [-0.1, -0.05) is 13.8 Å². The smallest absolute Gasteiger partial charge is 0.323 e. The lowest BCUT2D eigenvalue weighted by Crippen LogP contribution is -2.51. The molecule has 0 spiro atoms. The van der Waals surface area contributed by atoms with Gasteiger partial charge in [-0.2, -0.15) is 0 Å². The van der Waals surface area contributed by atoms with E-state index in [1.165, 1.54) is 0 Å². The third-order valence-electron chi connectivity index (χ3n) is 3.01. The van der Waals surface area contributed by atoms with E-state index < -0.39 is 11.5 Å². The minimum atomic E-state index is -0.869. The van der Waals surface area contributed by atoms with Gasteiger partial charge < -0.3 is 9.67 Å². The molecule has 0 aromatic carbocycles. The quantitative estimate of drug-likeness (QED) is 0.740. The average Bonchev–Trinajstić information content (AvgIpc) is 2.66. The predicted molar refractivity (Wildman–Crippen MR) is 58.8 cm³/mol. The number of hydrogen-bond acceptors (Lipinski definition) is 4. The third-order valence-corrected chi connectivity index (χ3v) is 3.01. The van der Waals surface area contributed by atoms with E-state index in [1.54, 1.807) is 10.9 Å². The van der Waals surface area contributed by atoms with E-state index in [2.05, 4.69) is 15.5 Å². The Kier molecular flexibility index (Phi) is 4.00. The zero-order valence-corrected chi connectivity index (χ0v) is 9.90. The first-order valence-corrected chi connectivity index (χ1v) is 5.37. The number of aliphatic carboxylic acids is 1. The van der Waals surface area contributed by atoms with E-state index in [0.717, 1.165) is 5.82 Å². The highest BCUT2D eigenvalue weighted by molar-refractivity contribution is 5.78. The fourth-order valence-corrected chi connectivity index (χ4v) is 1.59. The third kappa shape index (κ3) is 2.38. The summed E-state index contributed by atoms with van der Waals surface area (Å²) in [4.78, 5) is 11.2. The second-order valence-corrected chi connectivity index (χ2v) is 3.81. The second kappa shape index (κ2) is 5.07. The Morgan fingerprint density at radius 3 is 2.56 bits per heavy atom. The summed E-state index contributed by atoms with van der Waals surface area (Å²) in [6.07, 6.45) is 2.67. The van der Waals surface area contributed by atoms with Gasteiger partial charge in [0, 0.05) is 7.05 Å². The van der Waals surface area contributed by atoms with Gasteiger partial charge >= 0.3 is 5.97 Å². The van der Waals surface area contributed by atoms with E-state index in [1.807, 2.05) is 20.9 Å². The molecule has 0 aliphatic carbocycles. The van der Waals surface area contributed by atoms with Crippen LogP contribution in [0.3, 0.4) is 0 Å². The van der Waals surface area contributed by atoms with E-state index in [9.17, 15) is 9.90 Å². The minimum absolute atomic E-state index is 0.407. The molecule has 0 radical (unpaired) electrons. The molecule has 1 rings (SSSR count). The maximum atomic E-state index is 11.2. The maximum absolute atomic E-state index is 11.2. The number of nitrogens with zero attached hydrogens (tertiary/aromatic N) is 3. The van der Waals surface area contributed by atoms with Crippen LogP contribution < -0.4 is 5.32 Å². The van der Waals surface area contributed by atoms with Crippen molar-refractivity contribution in [3.63, 3.8) is 0 Å². The molecule has 1 aromatic rings. The first kappa shape index (κ1) is 12.6. The van der Waals surface area contributed by atoms with Gasteiger partial charge in [-0.15, -0.1) is 10.2 Å². The molecule has 0 atom stereocenters. The SMILES string of the molecule is CCC(CC)(NCc1nncn1C)C(=O)O. The zero-order valence-electron chi connectivity index (χ0n) is 9.90. The van der Waals surface area contributed by atoms with Crippen molar-refractivity contribution in [3.8, 4) is 0 Å². The normalized spacial score (nSPS) is 11.7. The summed E-state index contributed by atoms with van der Waals surface area (Å²) in [5.41, 5.74) is -0.869. The number of rotatable bonds is 6. The van der Waals surface area contributed by atoms with Gasteiger partial charge in [0.05, 0.1) is 6.54 Å². The highest BCUT2D eigenvalue weighted by Crippen LogP contribution is 2.15. The molecule has 0 fully saturated rings. The zero-order chi connectivity index (χ0) is 12.2. The minimum Gasteiger partial charge on any atom is -0.480 e. The molecule has 6 heteroatoms. The van der Waals surface area contributed by atoms with E-state index in [0.29, 0.717) is 19.4 Å². The lowest BCUT2D eigenvalue weighted by molar-refractivity contribution is -0.145. The number of aryl methyl sites for hydroxylation is 1. The number of carbonyl (C=O) groups is 1. The Morgan fingerprint density at radius 1 is 1.56 bits per heavy atom. The average molecular weight is 226 g/mol. The molecule has 1 heterocycles. The van der Waals surface area contributed by atoms with E-state index >= 15 is 0 Å². The summed E-state index contributed by atoms with van der Waals surface area (Å²) < 4.78 is 1.77. The summed E-state index contributed by atoms with van der Waals surface area (Å²) in [5, 5.41) is 19.9. The van der Waals surface area contributed by atoms with Gasteiger partial charge in [-0.3, -0.25) is 10.1 Å². The summed E-state index contributed by atoms with van der Waals surface area (Å²) in [6.45, 7) is 4.13. The molecule has 90 valence electrons. The fourth-order valence-electron chi connectivity index (χ4n) is 1.59. The van der Waals surface area contributed by atoms with Crippen LogP contribution in [0.2, 0.25) is 0 Å². The van der Waals surface area contributed by atoms with Crippen molar-refractivity contribution in [2.45, 2.75) is 38.8 Å². The molecule has 0 saturated carbocycles. The van der Waals surface area contributed by atoms with E-state index in [4.69, 9.17) is 0 Å². The standard InChI is InChI=1S/C10H18N4O2/c1-4-10(5-2,9(15)16)11-6-8-13-12-7-14(8)3/h7,11H,4-6H2,1-3H3,(H,15,16). The van der Waals surface area contributed by atoms with Crippen LogP contribution >= 0.6 is 0 Å². The molecular formula is C10H18N4O2. The Labute approximate surface area is 94.7 Å². The van der Waals surface area contributed by atoms with Gasteiger partial charge in [0.15, 0.2) is 0 Å². The highest BCUT2D eigenvalue weighted by atomic mass is 16.4. The van der Waals surface area contributed by atoms with Crippen LogP contribution in [0.1, 0.15) is 32.5 Å². The number of hydrogen-bond donors (Lipinski definition) is 2. The number of carboxylic acids is 1. The molecule has 0 aliphatic heterocycles. The lowest BCUT2D eigenvalue weighted by Gasteiger charge is -2.27. The fraction of sp³-hybridized carbons (Fsp3) is 0.700. The van der Waals surface area contributed by atoms with Gasteiger partial charge in [0.2, 0.25) is 0 Å². The first-order chi connectivity index (χ1) is 7.55. The maximum Gasteiger partial charge on any atom is 0.323 e. The Hall–Kier alpha value is -1.43. The predicted octanol–water partition coefficient (Wildman–Crippen LogP) is 0.548. The number of carboxylic acid groups (broad SMARTS) is 1.